The molecule has 1 unspecified atom stereocenters. The van der Waals surface area contributed by atoms with E-state index in [-0.39, 0.29) is 17.9 Å². The van der Waals surface area contributed by atoms with Crippen LogP contribution in [0.15, 0.2) is 18.2 Å². The molecule has 1 aromatic heterocycles. The molecule has 8 nitrogen and oxygen atoms in total. The van der Waals surface area contributed by atoms with Gasteiger partial charge in [0, 0.05) is 24.5 Å². The molecule has 35 heavy (non-hydrogen) atoms. The Hall–Kier alpha value is -2.74. The Morgan fingerprint density at radius 1 is 1.09 bits per heavy atom. The lowest BCUT2D eigenvalue weighted by molar-refractivity contribution is -0.133. The highest BCUT2D eigenvalue weighted by molar-refractivity contribution is 6.06. The first kappa shape index (κ1) is 25.4. The largest absolute Gasteiger partial charge is 0.496 e. The zero-order chi connectivity index (χ0) is 25.2. The maximum absolute atomic E-state index is 13.9. The number of carbonyl (C=O) groups excluding carboxylic acids is 2. The minimum Gasteiger partial charge on any atom is -0.496 e. The van der Waals surface area contributed by atoms with Crippen molar-refractivity contribution < 1.29 is 19.1 Å². The first-order chi connectivity index (χ1) is 16.8. The van der Waals surface area contributed by atoms with Gasteiger partial charge < -0.3 is 29.2 Å². The van der Waals surface area contributed by atoms with Crippen molar-refractivity contribution in [2.24, 2.45) is 0 Å². The molecule has 0 spiro atoms. The number of fused-ring (bicyclic) bond motifs is 3. The molecule has 0 saturated heterocycles. The average Bonchev–Trinajstić information content (AvgIpc) is 3.19. The predicted molar refractivity (Wildman–Crippen MR) is 137 cm³/mol. The maximum Gasteiger partial charge on any atom is 0.271 e. The van der Waals surface area contributed by atoms with Crippen molar-refractivity contribution in [2.45, 2.75) is 70.0 Å². The van der Waals surface area contributed by atoms with Gasteiger partial charge in [0.1, 0.15) is 22.7 Å². The van der Waals surface area contributed by atoms with E-state index in [4.69, 9.17) is 9.47 Å². The monoisotopic (exact) mass is 484 g/mol. The fourth-order valence-corrected chi connectivity index (χ4v) is 5.55. The zero-order valence-corrected chi connectivity index (χ0v) is 21.9. The van der Waals surface area contributed by atoms with E-state index in [9.17, 15) is 9.59 Å². The van der Waals surface area contributed by atoms with Gasteiger partial charge in [-0.2, -0.15) is 0 Å². The Kier molecular flexibility index (Phi) is 7.59. The number of nitrogens with zero attached hydrogens (tertiary/aromatic N) is 3. The molecule has 8 heteroatoms. The summed E-state index contributed by atoms with van der Waals surface area (Å²) in [5.74, 6) is 1.11. The van der Waals surface area contributed by atoms with Crippen molar-refractivity contribution in [1.29, 1.82) is 0 Å². The molecule has 1 aliphatic carbocycles. The van der Waals surface area contributed by atoms with Crippen molar-refractivity contribution in [3.05, 3.63) is 23.9 Å². The number of hydrogen-bond acceptors (Lipinski definition) is 5. The number of amides is 2. The topological polar surface area (TPSA) is 76.0 Å². The van der Waals surface area contributed by atoms with Crippen LogP contribution in [-0.4, -0.2) is 79.2 Å². The Labute approximate surface area is 208 Å². The molecule has 2 heterocycles. The normalized spacial score (nSPS) is 21.5. The lowest BCUT2D eigenvalue weighted by atomic mass is 9.92. The van der Waals surface area contributed by atoms with Crippen molar-refractivity contribution >= 4 is 22.7 Å². The van der Waals surface area contributed by atoms with Gasteiger partial charge >= 0.3 is 0 Å². The third-order valence-corrected chi connectivity index (χ3v) is 7.65. The number of nitrogens with one attached hydrogen (secondary N) is 1. The second kappa shape index (κ2) is 10.5. The van der Waals surface area contributed by atoms with E-state index in [2.05, 4.69) is 5.32 Å². The van der Waals surface area contributed by atoms with Gasteiger partial charge in [-0.25, -0.2) is 0 Å². The fraction of sp³-hybridized carbons (Fsp3) is 0.630. The number of methoxy groups -OCH3 is 2. The summed E-state index contributed by atoms with van der Waals surface area (Å²) in [6.07, 6.45) is 7.98. The molecule has 1 fully saturated rings. The molecule has 4 rings (SSSR count). The molecule has 2 aliphatic rings. The van der Waals surface area contributed by atoms with E-state index in [0.29, 0.717) is 36.8 Å². The Bertz CT molecular complexity index is 1070. The number of carbonyl (C=O) groups is 2. The molecule has 1 atom stereocenters. The van der Waals surface area contributed by atoms with Gasteiger partial charge in [0.25, 0.3) is 5.91 Å². The van der Waals surface area contributed by atoms with Crippen LogP contribution < -0.4 is 14.8 Å². The standard InChI is InChI=1S/C27H40N4O4/c1-27(26(33)28-19-11-9-7-6-8-10-12-19)18-30-21(25(32)31(27)16-15-29(2)3)17-20-22(34-4)13-14-23(35-5)24(20)30/h13-14,17,19H,6-12,15-16,18H2,1-5H3,(H,28,33). The molecular formula is C27H40N4O4. The van der Waals surface area contributed by atoms with E-state index in [1.54, 1.807) is 19.1 Å². The molecule has 1 aliphatic heterocycles. The summed E-state index contributed by atoms with van der Waals surface area (Å²) in [6, 6.07) is 5.72. The van der Waals surface area contributed by atoms with E-state index < -0.39 is 5.54 Å². The van der Waals surface area contributed by atoms with Crippen LogP contribution >= 0.6 is 0 Å². The number of ether oxygens (including phenoxy) is 2. The van der Waals surface area contributed by atoms with Gasteiger partial charge in [0.15, 0.2) is 0 Å². The number of benzene rings is 1. The van der Waals surface area contributed by atoms with Crippen LogP contribution in [-0.2, 0) is 11.3 Å². The smallest absolute Gasteiger partial charge is 0.271 e. The maximum atomic E-state index is 13.9. The van der Waals surface area contributed by atoms with Gasteiger partial charge in [-0.1, -0.05) is 32.1 Å². The van der Waals surface area contributed by atoms with Gasteiger partial charge in [0.2, 0.25) is 5.91 Å². The lowest BCUT2D eigenvalue weighted by Gasteiger charge is -2.45. The number of likely N-dealkylation sites (N-methyl/N-ethyl adjacent to an activating group) is 1. The van der Waals surface area contributed by atoms with Gasteiger partial charge in [0.05, 0.1) is 26.3 Å². The van der Waals surface area contributed by atoms with E-state index in [0.717, 1.165) is 36.6 Å². The number of hydrogen-bond donors (Lipinski definition) is 1. The highest BCUT2D eigenvalue weighted by Crippen LogP contribution is 2.40. The van der Waals surface area contributed by atoms with Crippen LogP contribution in [0.2, 0.25) is 0 Å². The van der Waals surface area contributed by atoms with Crippen LogP contribution in [0.1, 0.15) is 62.4 Å². The lowest BCUT2D eigenvalue weighted by Crippen LogP contribution is -2.65. The van der Waals surface area contributed by atoms with Crippen LogP contribution in [0.4, 0.5) is 0 Å². The molecule has 1 aromatic carbocycles. The van der Waals surface area contributed by atoms with Gasteiger partial charge in [-0.3, -0.25) is 9.59 Å². The SMILES string of the molecule is COc1ccc(OC)c2c1cc1n2CC(C)(C(=O)NC2CCCCCCC2)N(CCN(C)C)C1=O. The van der Waals surface area contributed by atoms with E-state index >= 15 is 0 Å². The molecule has 0 bridgehead atoms. The molecule has 2 aromatic rings. The summed E-state index contributed by atoms with van der Waals surface area (Å²) in [5.41, 5.74) is 0.313. The molecule has 1 N–H and O–H groups in total. The summed E-state index contributed by atoms with van der Waals surface area (Å²) in [6.45, 7) is 3.40. The summed E-state index contributed by atoms with van der Waals surface area (Å²) < 4.78 is 13.2. The minimum atomic E-state index is -1.03. The van der Waals surface area contributed by atoms with E-state index in [1.165, 1.54) is 19.3 Å². The van der Waals surface area contributed by atoms with Crippen molar-refractivity contribution in [2.75, 3.05) is 41.4 Å². The highest BCUT2D eigenvalue weighted by Gasteiger charge is 2.48. The Morgan fingerprint density at radius 3 is 2.34 bits per heavy atom. The number of rotatable bonds is 7. The molecule has 2 amide bonds. The molecule has 0 radical (unpaired) electrons. The molecular weight excluding hydrogens is 444 g/mol. The van der Waals surface area contributed by atoms with Crippen molar-refractivity contribution in [3.8, 4) is 11.5 Å². The Balaban J connectivity index is 1.75. The summed E-state index contributed by atoms with van der Waals surface area (Å²) in [4.78, 5) is 31.7. The third-order valence-electron chi connectivity index (χ3n) is 7.65. The van der Waals surface area contributed by atoms with Crippen LogP contribution in [0, 0.1) is 0 Å². The average molecular weight is 485 g/mol. The van der Waals surface area contributed by atoms with Crippen LogP contribution in [0.3, 0.4) is 0 Å². The minimum absolute atomic E-state index is 0.0791. The van der Waals surface area contributed by atoms with Gasteiger partial charge in [-0.15, -0.1) is 0 Å². The summed E-state index contributed by atoms with van der Waals surface area (Å²) in [5, 5.41) is 4.15. The van der Waals surface area contributed by atoms with Crippen LogP contribution in [0.5, 0.6) is 11.5 Å². The number of aromatic nitrogens is 1. The van der Waals surface area contributed by atoms with Crippen LogP contribution in [0.25, 0.3) is 10.9 Å². The predicted octanol–water partition coefficient (Wildman–Crippen LogP) is 3.66. The quantitative estimate of drug-likeness (QED) is 0.649. The highest BCUT2D eigenvalue weighted by atomic mass is 16.5. The first-order valence-corrected chi connectivity index (χ1v) is 12.8. The third kappa shape index (κ3) is 4.85. The molecule has 1 saturated carbocycles. The van der Waals surface area contributed by atoms with Gasteiger partial charge in [-0.05, 0) is 52.1 Å². The first-order valence-electron chi connectivity index (χ1n) is 12.8. The van der Waals surface area contributed by atoms with Crippen molar-refractivity contribution in [3.63, 3.8) is 0 Å². The second-order valence-corrected chi connectivity index (χ2v) is 10.4. The summed E-state index contributed by atoms with van der Waals surface area (Å²) in [7, 11) is 7.20. The van der Waals surface area contributed by atoms with E-state index in [1.807, 2.05) is 48.7 Å². The second-order valence-electron chi connectivity index (χ2n) is 10.4. The van der Waals surface area contributed by atoms with Crippen molar-refractivity contribution in [1.82, 2.24) is 19.7 Å². The molecule has 192 valence electrons. The zero-order valence-electron chi connectivity index (χ0n) is 21.9. The fourth-order valence-electron chi connectivity index (χ4n) is 5.55. The summed E-state index contributed by atoms with van der Waals surface area (Å²) >= 11 is 0. The Morgan fingerprint density at radius 2 is 1.71 bits per heavy atom.